The standard InChI is InChI=1S/C20H26N2O5S/c1-20(2,3)27-19(26)16-13(10-23)11-28-18-15(17(25)22(16)18)21-14(24)9-12-7-5-4-6-8-12/h4-8,13,15-16,18,23H,9-11H2,1-3H3,(H,21,24)/t13?,15?,16?,18-/m0/s1. The summed E-state index contributed by atoms with van der Waals surface area (Å²) in [4.78, 5) is 39.2. The van der Waals surface area contributed by atoms with Gasteiger partial charge in [-0.15, -0.1) is 11.8 Å². The average molecular weight is 407 g/mol. The quantitative estimate of drug-likeness (QED) is 0.558. The second-order valence-electron chi connectivity index (χ2n) is 8.10. The van der Waals surface area contributed by atoms with Gasteiger partial charge >= 0.3 is 5.97 Å². The number of ether oxygens (including phenoxy) is 1. The van der Waals surface area contributed by atoms with E-state index in [4.69, 9.17) is 4.74 Å². The number of rotatable bonds is 5. The molecule has 0 spiro atoms. The van der Waals surface area contributed by atoms with Crippen molar-refractivity contribution in [1.82, 2.24) is 10.2 Å². The predicted octanol–water partition coefficient (Wildman–Crippen LogP) is 0.948. The fourth-order valence-electron chi connectivity index (χ4n) is 3.46. The lowest BCUT2D eigenvalue weighted by atomic mass is 9.93. The van der Waals surface area contributed by atoms with E-state index in [0.717, 1.165) is 5.56 Å². The van der Waals surface area contributed by atoms with Crippen molar-refractivity contribution in [2.75, 3.05) is 12.4 Å². The number of β-lactam (4-membered cyclic amide) rings is 1. The van der Waals surface area contributed by atoms with Crippen LogP contribution in [0.3, 0.4) is 0 Å². The highest BCUT2D eigenvalue weighted by molar-refractivity contribution is 8.00. The molecule has 4 atom stereocenters. The molecule has 2 amide bonds. The molecule has 3 unspecified atom stereocenters. The van der Waals surface area contributed by atoms with E-state index in [1.165, 1.54) is 16.7 Å². The third kappa shape index (κ3) is 4.33. The minimum absolute atomic E-state index is 0.191. The van der Waals surface area contributed by atoms with Gasteiger partial charge in [-0.3, -0.25) is 9.59 Å². The molecule has 0 radical (unpaired) electrons. The van der Waals surface area contributed by atoms with E-state index < -0.39 is 23.7 Å². The first-order valence-electron chi connectivity index (χ1n) is 9.32. The van der Waals surface area contributed by atoms with E-state index in [0.29, 0.717) is 5.75 Å². The van der Waals surface area contributed by atoms with E-state index in [1.807, 2.05) is 30.3 Å². The van der Waals surface area contributed by atoms with Crippen LogP contribution in [0.4, 0.5) is 0 Å². The topological polar surface area (TPSA) is 95.9 Å². The number of fused-ring (bicyclic) bond motifs is 1. The Balaban J connectivity index is 1.67. The van der Waals surface area contributed by atoms with Crippen molar-refractivity contribution >= 4 is 29.5 Å². The van der Waals surface area contributed by atoms with Crippen molar-refractivity contribution in [1.29, 1.82) is 0 Å². The number of thioether (sulfide) groups is 1. The van der Waals surface area contributed by atoms with Crippen molar-refractivity contribution < 1.29 is 24.2 Å². The highest BCUT2D eigenvalue weighted by Gasteiger charge is 2.58. The van der Waals surface area contributed by atoms with Crippen LogP contribution in [-0.2, 0) is 25.5 Å². The van der Waals surface area contributed by atoms with E-state index in [2.05, 4.69) is 5.32 Å². The number of carbonyl (C=O) groups is 3. The van der Waals surface area contributed by atoms with E-state index >= 15 is 0 Å². The van der Waals surface area contributed by atoms with Crippen molar-refractivity contribution in [2.24, 2.45) is 5.92 Å². The molecule has 2 heterocycles. The van der Waals surface area contributed by atoms with Gasteiger partial charge in [0.1, 0.15) is 23.1 Å². The van der Waals surface area contributed by atoms with Crippen molar-refractivity contribution in [2.45, 2.75) is 50.3 Å². The van der Waals surface area contributed by atoms with Gasteiger partial charge in [0.2, 0.25) is 11.8 Å². The van der Waals surface area contributed by atoms with Gasteiger partial charge in [-0.25, -0.2) is 4.79 Å². The summed E-state index contributed by atoms with van der Waals surface area (Å²) in [6, 6.07) is 7.81. The lowest BCUT2D eigenvalue weighted by molar-refractivity contribution is -0.176. The Morgan fingerprint density at radius 3 is 2.57 bits per heavy atom. The minimum atomic E-state index is -0.828. The number of aliphatic hydroxyl groups excluding tert-OH is 1. The molecule has 0 bridgehead atoms. The summed E-state index contributed by atoms with van der Waals surface area (Å²) >= 11 is 1.47. The molecular weight excluding hydrogens is 380 g/mol. The molecule has 0 aliphatic carbocycles. The Hall–Kier alpha value is -2.06. The van der Waals surface area contributed by atoms with E-state index in [1.54, 1.807) is 20.8 Å². The number of benzene rings is 1. The second-order valence-corrected chi connectivity index (χ2v) is 9.25. The van der Waals surface area contributed by atoms with Crippen molar-refractivity contribution in [3.63, 3.8) is 0 Å². The van der Waals surface area contributed by atoms with Crippen LogP contribution in [0.5, 0.6) is 0 Å². The van der Waals surface area contributed by atoms with Crippen LogP contribution in [0.2, 0.25) is 0 Å². The van der Waals surface area contributed by atoms with Gasteiger partial charge in [0, 0.05) is 18.3 Å². The molecule has 2 fully saturated rings. The van der Waals surface area contributed by atoms with Gasteiger partial charge in [-0.2, -0.15) is 0 Å². The number of esters is 1. The summed E-state index contributed by atoms with van der Waals surface area (Å²) < 4.78 is 5.47. The fourth-order valence-corrected chi connectivity index (χ4v) is 4.96. The highest BCUT2D eigenvalue weighted by Crippen LogP contribution is 2.41. The molecule has 28 heavy (non-hydrogen) atoms. The SMILES string of the molecule is CC(C)(C)OC(=O)C1C(CO)CS[C@H]2C(NC(=O)Cc3ccccc3)C(=O)N12. The van der Waals surface area contributed by atoms with Gasteiger partial charge < -0.3 is 20.1 Å². The molecule has 8 heteroatoms. The Morgan fingerprint density at radius 2 is 1.96 bits per heavy atom. The van der Waals surface area contributed by atoms with Crippen LogP contribution in [0.1, 0.15) is 26.3 Å². The van der Waals surface area contributed by atoms with Crippen LogP contribution >= 0.6 is 11.8 Å². The summed E-state index contributed by atoms with van der Waals surface area (Å²) in [5.74, 6) is -0.934. The molecule has 1 aromatic rings. The second kappa shape index (κ2) is 8.13. The van der Waals surface area contributed by atoms with Gasteiger partial charge in [-0.05, 0) is 26.3 Å². The molecule has 2 N–H and O–H groups in total. The summed E-state index contributed by atoms with van der Waals surface area (Å²) in [5.41, 5.74) is 0.181. The number of nitrogens with zero attached hydrogens (tertiary/aromatic N) is 1. The molecule has 3 rings (SSSR count). The number of aliphatic hydroxyl groups is 1. The minimum Gasteiger partial charge on any atom is -0.458 e. The van der Waals surface area contributed by atoms with Crippen LogP contribution in [0, 0.1) is 5.92 Å². The first-order chi connectivity index (χ1) is 13.2. The maximum Gasteiger partial charge on any atom is 0.329 e. The van der Waals surface area contributed by atoms with Crippen LogP contribution in [0.15, 0.2) is 30.3 Å². The van der Waals surface area contributed by atoms with Crippen LogP contribution < -0.4 is 5.32 Å². The zero-order valence-electron chi connectivity index (χ0n) is 16.3. The normalized spacial score (nSPS) is 26.9. The Bertz CT molecular complexity index is 749. The predicted molar refractivity (Wildman–Crippen MR) is 105 cm³/mol. The first-order valence-corrected chi connectivity index (χ1v) is 10.4. The molecule has 7 nitrogen and oxygen atoms in total. The van der Waals surface area contributed by atoms with Gasteiger partial charge in [0.25, 0.3) is 0 Å². The maximum absolute atomic E-state index is 12.7. The van der Waals surface area contributed by atoms with Crippen molar-refractivity contribution in [3.05, 3.63) is 35.9 Å². The van der Waals surface area contributed by atoms with Gasteiger partial charge in [0.15, 0.2) is 0 Å². The number of hydrogen-bond donors (Lipinski definition) is 2. The van der Waals surface area contributed by atoms with Crippen LogP contribution in [-0.4, -0.2) is 63.2 Å². The fraction of sp³-hybridized carbons (Fsp3) is 0.550. The molecule has 2 aliphatic rings. The summed E-state index contributed by atoms with van der Waals surface area (Å²) in [6.45, 7) is 5.08. The van der Waals surface area contributed by atoms with E-state index in [9.17, 15) is 19.5 Å². The monoisotopic (exact) mass is 406 g/mol. The lowest BCUT2D eigenvalue weighted by Gasteiger charge is -2.54. The molecular formula is C20H26N2O5S. The average Bonchev–Trinajstić information content (AvgIpc) is 2.64. The molecule has 0 aromatic heterocycles. The number of hydrogen-bond acceptors (Lipinski definition) is 6. The maximum atomic E-state index is 12.7. The Labute approximate surface area is 168 Å². The molecule has 0 saturated carbocycles. The summed E-state index contributed by atoms with van der Waals surface area (Å²) in [7, 11) is 0. The third-order valence-corrected chi connectivity index (χ3v) is 6.18. The smallest absolute Gasteiger partial charge is 0.329 e. The van der Waals surface area contributed by atoms with Gasteiger partial charge in [0.05, 0.1) is 6.42 Å². The highest BCUT2D eigenvalue weighted by atomic mass is 32.2. The summed E-state index contributed by atoms with van der Waals surface area (Å²) in [5, 5.41) is 12.1. The van der Waals surface area contributed by atoms with Crippen LogP contribution in [0.25, 0.3) is 0 Å². The molecule has 152 valence electrons. The zero-order valence-corrected chi connectivity index (χ0v) is 17.1. The largest absolute Gasteiger partial charge is 0.458 e. The summed E-state index contributed by atoms with van der Waals surface area (Å²) in [6.07, 6.45) is 0.191. The van der Waals surface area contributed by atoms with Gasteiger partial charge in [-0.1, -0.05) is 30.3 Å². The first kappa shape index (κ1) is 20.7. The molecule has 2 saturated heterocycles. The van der Waals surface area contributed by atoms with Crippen molar-refractivity contribution in [3.8, 4) is 0 Å². The zero-order chi connectivity index (χ0) is 20.5. The van der Waals surface area contributed by atoms with E-state index in [-0.39, 0.29) is 36.1 Å². The lowest BCUT2D eigenvalue weighted by Crippen LogP contribution is -2.76. The Kier molecular flexibility index (Phi) is 6.00. The number of nitrogens with one attached hydrogen (secondary N) is 1. The molecule has 1 aromatic carbocycles. The Morgan fingerprint density at radius 1 is 1.29 bits per heavy atom. The number of amides is 2. The molecule has 2 aliphatic heterocycles. The third-order valence-electron chi connectivity index (χ3n) is 4.71. The number of carbonyl (C=O) groups excluding carboxylic acids is 3.